The number of carbonyl (C=O) groups excluding carboxylic acids is 1. The van der Waals surface area contributed by atoms with Crippen molar-refractivity contribution in [3.05, 3.63) is 35.9 Å². The molecule has 146 valence electrons. The van der Waals surface area contributed by atoms with E-state index in [4.69, 9.17) is 0 Å². The highest BCUT2D eigenvalue weighted by atomic mass is 32.2. The van der Waals surface area contributed by atoms with Crippen LogP contribution in [0, 0.1) is 17.8 Å². The smallest absolute Gasteiger partial charge is 0.137 e. The van der Waals surface area contributed by atoms with Crippen molar-refractivity contribution in [2.45, 2.75) is 77.5 Å². The number of ketones is 1. The third-order valence-electron chi connectivity index (χ3n) is 5.48. The van der Waals surface area contributed by atoms with Crippen LogP contribution in [0.3, 0.4) is 0 Å². The maximum atomic E-state index is 12.9. The Labute approximate surface area is 161 Å². The van der Waals surface area contributed by atoms with E-state index in [2.05, 4.69) is 30.7 Å². The van der Waals surface area contributed by atoms with Crippen molar-refractivity contribution in [2.24, 2.45) is 17.8 Å². The minimum Gasteiger partial charge on any atom is -0.299 e. The van der Waals surface area contributed by atoms with E-state index in [1.807, 2.05) is 39.0 Å². The van der Waals surface area contributed by atoms with Gasteiger partial charge in [-0.3, -0.25) is 4.79 Å². The molecule has 0 amide bonds. The van der Waals surface area contributed by atoms with Gasteiger partial charge in [-0.2, -0.15) is 0 Å². The third-order valence-corrected chi connectivity index (χ3v) is 7.11. The average Bonchev–Trinajstić information content (AvgIpc) is 2.58. The molecule has 4 atom stereocenters. The minimum atomic E-state index is -1.17. The molecule has 0 heterocycles. The van der Waals surface area contributed by atoms with Gasteiger partial charge in [0.1, 0.15) is 5.78 Å². The van der Waals surface area contributed by atoms with Gasteiger partial charge in [0.25, 0.3) is 0 Å². The lowest BCUT2D eigenvalue weighted by Crippen LogP contribution is -2.50. The van der Waals surface area contributed by atoms with Crippen molar-refractivity contribution in [1.29, 1.82) is 0 Å². The van der Waals surface area contributed by atoms with E-state index in [1.165, 1.54) is 5.56 Å². The molecule has 1 aromatic carbocycles. The van der Waals surface area contributed by atoms with Crippen molar-refractivity contribution in [3.8, 4) is 0 Å². The molecule has 0 aliphatic heterocycles. The first kappa shape index (κ1) is 21.3. The maximum absolute atomic E-state index is 12.9. The Balaban J connectivity index is 2.22. The number of Topliss-reactive ketones (excluding diaryl/α,β-unsaturated/α-hetero) is 1. The molecule has 1 saturated carbocycles. The lowest BCUT2D eigenvalue weighted by molar-refractivity contribution is -0.128. The second-order valence-corrected chi connectivity index (χ2v) is 10.9. The predicted octanol–water partition coefficient (Wildman–Crippen LogP) is 4.68. The van der Waals surface area contributed by atoms with Crippen molar-refractivity contribution in [1.82, 2.24) is 4.72 Å². The van der Waals surface area contributed by atoms with E-state index in [1.54, 1.807) is 0 Å². The van der Waals surface area contributed by atoms with Crippen LogP contribution in [0.4, 0.5) is 0 Å². The van der Waals surface area contributed by atoms with Gasteiger partial charge in [-0.1, -0.05) is 44.2 Å². The zero-order chi connectivity index (χ0) is 19.3. The predicted molar refractivity (Wildman–Crippen MR) is 110 cm³/mol. The number of rotatable bonds is 7. The minimum absolute atomic E-state index is 0.0289. The van der Waals surface area contributed by atoms with Crippen LogP contribution in [0.25, 0.3) is 0 Å². The van der Waals surface area contributed by atoms with Crippen LogP contribution in [0.1, 0.15) is 65.9 Å². The Hall–Kier alpha value is -1.00. The number of hydrogen-bond donors (Lipinski definition) is 1. The van der Waals surface area contributed by atoms with Gasteiger partial charge in [0, 0.05) is 18.4 Å². The molecule has 3 nitrogen and oxygen atoms in total. The molecular weight excluding hydrogens is 342 g/mol. The summed E-state index contributed by atoms with van der Waals surface area (Å²) >= 11 is 0. The Bertz CT molecular complexity index is 606. The summed E-state index contributed by atoms with van der Waals surface area (Å²) in [5, 5.41) is 0. The van der Waals surface area contributed by atoms with Crippen molar-refractivity contribution >= 4 is 16.8 Å². The molecule has 1 aromatic rings. The van der Waals surface area contributed by atoms with Crippen molar-refractivity contribution < 1.29 is 9.00 Å². The molecule has 2 rings (SSSR count). The van der Waals surface area contributed by atoms with Crippen LogP contribution in [0.5, 0.6) is 0 Å². The molecule has 0 spiro atoms. The van der Waals surface area contributed by atoms with E-state index < -0.39 is 11.0 Å². The average molecular weight is 378 g/mol. The summed E-state index contributed by atoms with van der Waals surface area (Å²) in [6.45, 7) is 10.4. The van der Waals surface area contributed by atoms with Gasteiger partial charge in [0.15, 0.2) is 0 Å². The van der Waals surface area contributed by atoms with Crippen LogP contribution in [-0.4, -0.2) is 20.8 Å². The highest BCUT2D eigenvalue weighted by Crippen LogP contribution is 2.36. The van der Waals surface area contributed by atoms with E-state index >= 15 is 0 Å². The van der Waals surface area contributed by atoms with Gasteiger partial charge in [-0.15, -0.1) is 0 Å². The second kappa shape index (κ2) is 9.27. The molecule has 0 radical (unpaired) electrons. The standard InChI is InChI=1S/C22H35NO2S/c1-16(2)18-12-9-13-20(24)21(18)19(23-26(25)22(3,4)5)15-14-17-10-7-6-8-11-17/h6-8,10-11,16,18-19,21,23H,9,12-15H2,1-5H3/t18-,19-,21+,26-/m1/s1. The number of benzene rings is 1. The van der Waals surface area contributed by atoms with Gasteiger partial charge in [0.05, 0.1) is 15.7 Å². The molecule has 0 bridgehead atoms. The number of nitrogens with one attached hydrogen (secondary N) is 1. The Morgan fingerprint density at radius 1 is 1.19 bits per heavy atom. The zero-order valence-corrected chi connectivity index (χ0v) is 17.8. The normalized spacial score (nSPS) is 23.8. The van der Waals surface area contributed by atoms with Crippen LogP contribution in [0.15, 0.2) is 30.3 Å². The summed E-state index contributed by atoms with van der Waals surface area (Å²) in [5.41, 5.74) is 1.27. The highest BCUT2D eigenvalue weighted by molar-refractivity contribution is 7.84. The highest BCUT2D eigenvalue weighted by Gasteiger charge is 2.40. The molecule has 1 N–H and O–H groups in total. The monoisotopic (exact) mass is 377 g/mol. The molecule has 0 saturated heterocycles. The fourth-order valence-corrected chi connectivity index (χ4v) is 4.85. The second-order valence-electron chi connectivity index (χ2n) is 8.92. The Morgan fingerprint density at radius 2 is 1.85 bits per heavy atom. The van der Waals surface area contributed by atoms with Gasteiger partial charge in [0.2, 0.25) is 0 Å². The molecule has 1 aliphatic carbocycles. The number of carbonyl (C=O) groups is 1. The SMILES string of the molecule is CC(C)[C@H]1CCCC(=O)[C@@H]1[C@@H](CCc1ccccc1)N[S@](=O)C(C)(C)C. The molecule has 1 fully saturated rings. The van der Waals surface area contributed by atoms with Crippen molar-refractivity contribution in [2.75, 3.05) is 0 Å². The van der Waals surface area contributed by atoms with Crippen LogP contribution in [0.2, 0.25) is 0 Å². The lowest BCUT2D eigenvalue weighted by atomic mass is 9.69. The zero-order valence-electron chi connectivity index (χ0n) is 17.0. The Morgan fingerprint density at radius 3 is 2.42 bits per heavy atom. The summed E-state index contributed by atoms with van der Waals surface area (Å²) in [6.07, 6.45) is 4.49. The Kier molecular flexibility index (Phi) is 7.60. The third kappa shape index (κ3) is 5.75. The number of aryl methyl sites for hydroxylation is 1. The summed E-state index contributed by atoms with van der Waals surface area (Å²) in [4.78, 5) is 12.9. The first-order chi connectivity index (χ1) is 12.2. The first-order valence-electron chi connectivity index (χ1n) is 9.95. The molecule has 4 heteroatoms. The maximum Gasteiger partial charge on any atom is 0.137 e. The summed E-state index contributed by atoms with van der Waals surface area (Å²) in [5.74, 6) is 1.17. The largest absolute Gasteiger partial charge is 0.299 e. The van der Waals surface area contributed by atoms with Gasteiger partial charge in [-0.05, 0) is 63.9 Å². The van der Waals surface area contributed by atoms with E-state index in [0.717, 1.165) is 25.7 Å². The van der Waals surface area contributed by atoms with Gasteiger partial charge in [-0.25, -0.2) is 8.93 Å². The molecule has 0 unspecified atom stereocenters. The topological polar surface area (TPSA) is 46.2 Å². The van der Waals surface area contributed by atoms with E-state index in [-0.39, 0.29) is 16.7 Å². The van der Waals surface area contributed by atoms with E-state index in [0.29, 0.717) is 24.0 Å². The summed E-state index contributed by atoms with van der Waals surface area (Å²) in [7, 11) is -1.17. The molecule has 26 heavy (non-hydrogen) atoms. The molecule has 0 aromatic heterocycles. The molecule has 1 aliphatic rings. The molecular formula is C22H35NO2S. The van der Waals surface area contributed by atoms with Gasteiger partial charge < -0.3 is 0 Å². The quantitative estimate of drug-likeness (QED) is 0.750. The number of hydrogen-bond acceptors (Lipinski definition) is 2. The van der Waals surface area contributed by atoms with Crippen molar-refractivity contribution in [3.63, 3.8) is 0 Å². The van der Waals surface area contributed by atoms with Crippen LogP contribution >= 0.6 is 0 Å². The first-order valence-corrected chi connectivity index (χ1v) is 11.1. The van der Waals surface area contributed by atoms with Gasteiger partial charge >= 0.3 is 0 Å². The summed E-state index contributed by atoms with van der Waals surface area (Å²) < 4.78 is 15.8. The van der Waals surface area contributed by atoms with Crippen LogP contribution < -0.4 is 4.72 Å². The fraction of sp³-hybridized carbons (Fsp3) is 0.682. The van der Waals surface area contributed by atoms with Crippen LogP contribution in [-0.2, 0) is 22.2 Å². The van der Waals surface area contributed by atoms with E-state index in [9.17, 15) is 9.00 Å². The fourth-order valence-electron chi connectivity index (χ4n) is 3.96. The summed E-state index contributed by atoms with van der Waals surface area (Å²) in [6, 6.07) is 10.3. The lowest BCUT2D eigenvalue weighted by Gasteiger charge is -2.39.